The molecule has 0 heterocycles. The Balaban J connectivity index is 1.79. The summed E-state index contributed by atoms with van der Waals surface area (Å²) in [5, 5.41) is 0. The number of benzene rings is 1. The van der Waals surface area contributed by atoms with Crippen LogP contribution in [-0.2, 0) is 20.1 Å². The summed E-state index contributed by atoms with van der Waals surface area (Å²) in [5.41, 5.74) is 0.778. The monoisotopic (exact) mass is 452 g/mol. The third-order valence-electron chi connectivity index (χ3n) is 5.95. The van der Waals surface area contributed by atoms with E-state index in [1.165, 1.54) is 103 Å². The second kappa shape index (κ2) is 19.8. The zero-order valence-corrected chi connectivity index (χ0v) is 21.0. The highest BCUT2D eigenvalue weighted by molar-refractivity contribution is 7.85. The van der Waals surface area contributed by atoms with Crippen LogP contribution >= 0.6 is 0 Å². The molecule has 0 N–H and O–H groups in total. The van der Waals surface area contributed by atoms with Crippen molar-refractivity contribution in [1.29, 1.82) is 0 Å². The molecule has 0 saturated heterocycles. The number of hydrogen-bond acceptors (Lipinski definition) is 3. The first-order valence-corrected chi connectivity index (χ1v) is 14.6. The lowest BCUT2D eigenvalue weighted by molar-refractivity contribution is 0.305. The summed E-state index contributed by atoms with van der Waals surface area (Å²) in [7, 11) is -3.46. The van der Waals surface area contributed by atoms with Crippen LogP contribution in [-0.4, -0.2) is 15.0 Å². The Morgan fingerprint density at radius 1 is 0.581 bits per heavy atom. The molecule has 0 unspecified atom stereocenters. The van der Waals surface area contributed by atoms with E-state index < -0.39 is 10.1 Å². The van der Waals surface area contributed by atoms with Crippen LogP contribution in [0.5, 0.6) is 0 Å². The van der Waals surface area contributed by atoms with Gasteiger partial charge in [0.2, 0.25) is 0 Å². The van der Waals surface area contributed by atoms with Gasteiger partial charge in [0.1, 0.15) is 5.75 Å². The van der Waals surface area contributed by atoms with Crippen molar-refractivity contribution in [2.45, 2.75) is 128 Å². The van der Waals surface area contributed by atoms with E-state index >= 15 is 0 Å². The van der Waals surface area contributed by atoms with Crippen molar-refractivity contribution in [2.75, 3.05) is 6.61 Å². The molecule has 0 amide bonds. The summed E-state index contributed by atoms with van der Waals surface area (Å²) in [6.45, 7) is 2.59. The van der Waals surface area contributed by atoms with Crippen LogP contribution in [0.4, 0.5) is 0 Å². The number of rotatable bonds is 22. The molecule has 0 saturated carbocycles. The molecule has 1 aromatic rings. The van der Waals surface area contributed by atoms with Crippen molar-refractivity contribution in [1.82, 2.24) is 0 Å². The van der Waals surface area contributed by atoms with Crippen molar-refractivity contribution < 1.29 is 12.6 Å². The lowest BCUT2D eigenvalue weighted by Crippen LogP contribution is -2.09. The number of unbranched alkanes of at least 4 members (excludes halogenated alkanes) is 17. The Morgan fingerprint density at radius 2 is 0.968 bits per heavy atom. The lowest BCUT2D eigenvalue weighted by atomic mass is 10.0. The Hall–Kier alpha value is -0.870. The van der Waals surface area contributed by atoms with Gasteiger partial charge < -0.3 is 0 Å². The Morgan fingerprint density at radius 3 is 1.39 bits per heavy atom. The molecule has 0 aliphatic heterocycles. The lowest BCUT2D eigenvalue weighted by Gasteiger charge is -2.06. The van der Waals surface area contributed by atoms with E-state index in [1.54, 1.807) is 0 Å². The maximum Gasteiger partial charge on any atom is 0.271 e. The summed E-state index contributed by atoms with van der Waals surface area (Å²) in [6.07, 6.45) is 23.9. The van der Waals surface area contributed by atoms with Gasteiger partial charge in [0.25, 0.3) is 10.1 Å². The van der Waals surface area contributed by atoms with Crippen LogP contribution in [0.1, 0.15) is 128 Å². The maximum absolute atomic E-state index is 12.0. The van der Waals surface area contributed by atoms with Gasteiger partial charge in [0, 0.05) is 0 Å². The van der Waals surface area contributed by atoms with Crippen LogP contribution in [0.3, 0.4) is 0 Å². The highest BCUT2D eigenvalue weighted by atomic mass is 32.2. The zero-order chi connectivity index (χ0) is 22.5. The van der Waals surface area contributed by atoms with Gasteiger partial charge in [-0.2, -0.15) is 8.42 Å². The van der Waals surface area contributed by atoms with Crippen LogP contribution in [0, 0.1) is 0 Å². The van der Waals surface area contributed by atoms with Gasteiger partial charge in [-0.05, 0) is 12.0 Å². The largest absolute Gasteiger partial charge is 0.271 e. The van der Waals surface area contributed by atoms with E-state index in [1.807, 2.05) is 30.3 Å². The molecule has 4 heteroatoms. The molecule has 0 spiro atoms. The molecular weight excluding hydrogens is 404 g/mol. The first-order valence-electron chi connectivity index (χ1n) is 13.0. The molecule has 0 bridgehead atoms. The fraction of sp³-hybridized carbons (Fsp3) is 0.778. The van der Waals surface area contributed by atoms with E-state index in [2.05, 4.69) is 6.92 Å². The van der Waals surface area contributed by atoms with Crippen LogP contribution in [0.2, 0.25) is 0 Å². The highest BCUT2D eigenvalue weighted by Gasteiger charge is 2.11. The fourth-order valence-corrected chi connectivity index (χ4v) is 5.07. The van der Waals surface area contributed by atoms with Gasteiger partial charge in [0.15, 0.2) is 0 Å². The average molecular weight is 453 g/mol. The summed E-state index contributed by atoms with van der Waals surface area (Å²) in [4.78, 5) is 0. The van der Waals surface area contributed by atoms with Crippen molar-refractivity contribution in [2.24, 2.45) is 0 Å². The van der Waals surface area contributed by atoms with E-state index in [0.717, 1.165) is 18.4 Å². The Labute approximate surface area is 193 Å². The summed E-state index contributed by atoms with van der Waals surface area (Å²) in [5.74, 6) is -0.0348. The first kappa shape index (κ1) is 28.2. The molecule has 180 valence electrons. The van der Waals surface area contributed by atoms with Gasteiger partial charge >= 0.3 is 0 Å². The topological polar surface area (TPSA) is 43.4 Å². The van der Waals surface area contributed by atoms with Crippen molar-refractivity contribution >= 4 is 10.1 Å². The molecule has 0 aromatic heterocycles. The van der Waals surface area contributed by atoms with Gasteiger partial charge in [0.05, 0.1) is 6.61 Å². The number of hydrogen-bond donors (Lipinski definition) is 0. The van der Waals surface area contributed by atoms with Crippen molar-refractivity contribution in [3.63, 3.8) is 0 Å². The predicted octanol–water partition coefficient (Wildman–Crippen LogP) is 8.57. The average Bonchev–Trinajstić information content (AvgIpc) is 2.75. The van der Waals surface area contributed by atoms with Crippen LogP contribution in [0.25, 0.3) is 0 Å². The van der Waals surface area contributed by atoms with Crippen LogP contribution < -0.4 is 0 Å². The molecule has 1 rings (SSSR count). The van der Waals surface area contributed by atoms with Gasteiger partial charge in [-0.25, -0.2) is 0 Å². The van der Waals surface area contributed by atoms with E-state index in [-0.39, 0.29) is 5.75 Å². The molecule has 0 aliphatic carbocycles. The predicted molar refractivity (Wildman–Crippen MR) is 134 cm³/mol. The maximum atomic E-state index is 12.0. The van der Waals surface area contributed by atoms with Gasteiger partial charge in [-0.1, -0.05) is 146 Å². The van der Waals surface area contributed by atoms with Crippen LogP contribution in [0.15, 0.2) is 30.3 Å². The van der Waals surface area contributed by atoms with Crippen molar-refractivity contribution in [3.8, 4) is 0 Å². The standard InChI is InChI=1S/C27H48O3S/c1-2-3-4-5-6-7-8-9-10-11-12-13-14-15-16-17-18-22-25-30-31(28,29)26-27-23-20-19-21-24-27/h19-21,23-24H,2-18,22,25-26H2,1H3. The minimum absolute atomic E-state index is 0.0348. The smallest absolute Gasteiger partial charge is 0.270 e. The summed E-state index contributed by atoms with van der Waals surface area (Å²) < 4.78 is 29.1. The van der Waals surface area contributed by atoms with Gasteiger partial charge in [-0.3, -0.25) is 4.18 Å². The van der Waals surface area contributed by atoms with E-state index in [9.17, 15) is 8.42 Å². The molecule has 0 atom stereocenters. The Kier molecular flexibility index (Phi) is 18.0. The third-order valence-corrected chi connectivity index (χ3v) is 7.16. The SMILES string of the molecule is CCCCCCCCCCCCCCCCCCCCOS(=O)(=O)Cc1ccccc1. The molecule has 0 fully saturated rings. The normalized spacial score (nSPS) is 11.8. The molecular formula is C27H48O3S. The summed E-state index contributed by atoms with van der Waals surface area (Å²) in [6, 6.07) is 9.22. The first-order chi connectivity index (χ1) is 15.1. The molecule has 0 radical (unpaired) electrons. The van der Waals surface area contributed by atoms with E-state index in [4.69, 9.17) is 4.18 Å². The van der Waals surface area contributed by atoms with Gasteiger partial charge in [-0.15, -0.1) is 0 Å². The minimum Gasteiger partial charge on any atom is -0.270 e. The second-order valence-electron chi connectivity index (χ2n) is 9.02. The fourth-order valence-electron chi connectivity index (χ4n) is 4.01. The summed E-state index contributed by atoms with van der Waals surface area (Å²) >= 11 is 0. The Bertz CT molecular complexity index is 598. The molecule has 0 aliphatic rings. The van der Waals surface area contributed by atoms with E-state index in [0.29, 0.717) is 6.61 Å². The van der Waals surface area contributed by atoms with Crippen molar-refractivity contribution in [3.05, 3.63) is 35.9 Å². The quantitative estimate of drug-likeness (QED) is 0.131. The minimum atomic E-state index is -3.46. The molecule has 3 nitrogen and oxygen atoms in total. The highest BCUT2D eigenvalue weighted by Crippen LogP contribution is 2.14. The molecule has 1 aromatic carbocycles. The third kappa shape index (κ3) is 18.4. The zero-order valence-electron chi connectivity index (χ0n) is 20.2. The second-order valence-corrected chi connectivity index (χ2v) is 10.7. The molecule has 31 heavy (non-hydrogen) atoms.